The van der Waals surface area contributed by atoms with E-state index in [-0.39, 0.29) is 6.04 Å². The summed E-state index contributed by atoms with van der Waals surface area (Å²) in [5.41, 5.74) is 8.18. The quantitative estimate of drug-likeness (QED) is 0.210. The molecule has 3 nitrogen and oxygen atoms in total. The molecule has 6 rings (SSSR count). The van der Waals surface area contributed by atoms with E-state index in [2.05, 4.69) is 66.9 Å². The van der Waals surface area contributed by atoms with Crippen molar-refractivity contribution in [3.05, 3.63) is 136 Å². The number of anilines is 1. The second-order valence-electron chi connectivity index (χ2n) is 9.87. The van der Waals surface area contributed by atoms with Gasteiger partial charge < -0.3 is 10.1 Å². The fraction of sp³-hybridized carbons (Fsp3) is 0.182. The van der Waals surface area contributed by atoms with E-state index in [0.717, 1.165) is 29.0 Å². The van der Waals surface area contributed by atoms with E-state index < -0.39 is 0 Å². The van der Waals surface area contributed by atoms with Gasteiger partial charge in [-0.2, -0.15) is 0 Å². The molecule has 1 N–H and O–H groups in total. The summed E-state index contributed by atoms with van der Waals surface area (Å²) in [4.78, 5) is 4.75. The molecule has 0 aromatic heterocycles. The number of rotatable bonds is 6. The molecule has 2 aliphatic rings. The Morgan fingerprint density at radius 2 is 1.84 bits per heavy atom. The van der Waals surface area contributed by atoms with Crippen LogP contribution in [0.25, 0.3) is 0 Å². The first-order valence-corrected chi connectivity index (χ1v) is 13.2. The zero-order valence-corrected chi connectivity index (χ0v) is 21.5. The van der Waals surface area contributed by atoms with E-state index in [1.807, 2.05) is 54.7 Å². The van der Waals surface area contributed by atoms with Gasteiger partial charge in [-0.25, -0.2) is 0 Å². The third-order valence-electron chi connectivity index (χ3n) is 7.33. The van der Waals surface area contributed by atoms with E-state index in [1.54, 1.807) is 0 Å². The molecular weight excluding hydrogens is 476 g/mol. The zero-order valence-electron chi connectivity index (χ0n) is 20.8. The standard InChI is InChI=1S/C33H29ClN2O/c1-22-12-17-31-30(18-22)28-9-5-10-29(28)33(36-31)24-13-15-27(16-14-24)35-20-25-7-2-3-11-32(25)37-21-23-6-4-8-26(34)19-23/h2-9,11-20,28-29,33,36H,10,21H2,1H3/t28-,29-,33+/m1/s1. The highest BCUT2D eigenvalue weighted by molar-refractivity contribution is 6.30. The van der Waals surface area contributed by atoms with Gasteiger partial charge in [0.05, 0.1) is 11.7 Å². The molecule has 0 unspecified atom stereocenters. The maximum absolute atomic E-state index is 6.11. The van der Waals surface area contributed by atoms with Crippen LogP contribution in [0, 0.1) is 12.8 Å². The highest BCUT2D eigenvalue weighted by Crippen LogP contribution is 2.50. The molecule has 0 spiro atoms. The Bertz CT molecular complexity index is 1470. The Morgan fingerprint density at radius 3 is 2.70 bits per heavy atom. The van der Waals surface area contributed by atoms with Crippen LogP contribution in [-0.2, 0) is 6.61 Å². The summed E-state index contributed by atoms with van der Waals surface area (Å²) in [5.74, 6) is 1.80. The second kappa shape index (κ2) is 10.3. The van der Waals surface area contributed by atoms with Gasteiger partial charge in [0, 0.05) is 28.4 Å². The van der Waals surface area contributed by atoms with Gasteiger partial charge in [-0.05, 0) is 78.4 Å². The van der Waals surface area contributed by atoms with Gasteiger partial charge in [0.1, 0.15) is 12.4 Å². The number of halogens is 1. The number of allylic oxidation sites excluding steroid dienone is 2. The number of hydrogen-bond acceptors (Lipinski definition) is 3. The van der Waals surface area contributed by atoms with Crippen molar-refractivity contribution >= 4 is 29.2 Å². The van der Waals surface area contributed by atoms with Gasteiger partial charge in [-0.15, -0.1) is 0 Å². The molecule has 1 aliphatic heterocycles. The Kier molecular flexibility index (Phi) is 6.55. The first-order valence-electron chi connectivity index (χ1n) is 12.8. The van der Waals surface area contributed by atoms with E-state index in [1.165, 1.54) is 22.4 Å². The Hall–Kier alpha value is -3.82. The van der Waals surface area contributed by atoms with E-state index in [0.29, 0.717) is 23.5 Å². The van der Waals surface area contributed by atoms with Crippen LogP contribution < -0.4 is 10.1 Å². The maximum atomic E-state index is 6.11. The minimum Gasteiger partial charge on any atom is -0.488 e. The molecule has 4 aromatic carbocycles. The molecule has 0 saturated carbocycles. The minimum absolute atomic E-state index is 0.286. The van der Waals surface area contributed by atoms with E-state index >= 15 is 0 Å². The number of hydrogen-bond donors (Lipinski definition) is 1. The predicted molar refractivity (Wildman–Crippen MR) is 153 cm³/mol. The predicted octanol–water partition coefficient (Wildman–Crippen LogP) is 8.80. The molecule has 0 saturated heterocycles. The first kappa shape index (κ1) is 23.6. The average molecular weight is 505 g/mol. The van der Waals surface area contributed by atoms with E-state index in [9.17, 15) is 0 Å². The second-order valence-corrected chi connectivity index (χ2v) is 10.3. The van der Waals surface area contributed by atoms with Crippen molar-refractivity contribution in [2.75, 3.05) is 5.32 Å². The normalized spacial score (nSPS) is 19.9. The number of nitrogens with zero attached hydrogens (tertiary/aromatic N) is 1. The summed E-state index contributed by atoms with van der Waals surface area (Å²) >= 11 is 6.11. The Labute approximate surface area is 223 Å². The highest BCUT2D eigenvalue weighted by Gasteiger charge is 2.37. The molecule has 1 heterocycles. The van der Waals surface area contributed by atoms with Crippen molar-refractivity contribution in [3.8, 4) is 5.75 Å². The Morgan fingerprint density at radius 1 is 0.973 bits per heavy atom. The van der Waals surface area contributed by atoms with Crippen LogP contribution in [0.3, 0.4) is 0 Å². The van der Waals surface area contributed by atoms with Crippen LogP contribution in [0.5, 0.6) is 5.75 Å². The maximum Gasteiger partial charge on any atom is 0.128 e. The molecule has 4 aromatic rings. The third-order valence-corrected chi connectivity index (χ3v) is 7.56. The van der Waals surface area contributed by atoms with Crippen LogP contribution in [0.2, 0.25) is 5.02 Å². The van der Waals surface area contributed by atoms with Gasteiger partial charge in [0.2, 0.25) is 0 Å². The number of benzene rings is 4. The van der Waals surface area contributed by atoms with Gasteiger partial charge in [0.15, 0.2) is 0 Å². The van der Waals surface area contributed by atoms with E-state index in [4.69, 9.17) is 21.3 Å². The van der Waals surface area contributed by atoms with Gasteiger partial charge in [0.25, 0.3) is 0 Å². The van der Waals surface area contributed by atoms with Crippen molar-refractivity contribution in [3.63, 3.8) is 0 Å². The molecule has 0 amide bonds. The van der Waals surface area contributed by atoms with Crippen LogP contribution in [-0.4, -0.2) is 6.21 Å². The molecule has 3 atom stereocenters. The summed E-state index contributed by atoms with van der Waals surface area (Å²) in [5, 5.41) is 4.53. The molecule has 0 bridgehead atoms. The first-order chi connectivity index (χ1) is 18.1. The van der Waals surface area contributed by atoms with Crippen molar-refractivity contribution in [2.45, 2.75) is 31.9 Å². The van der Waals surface area contributed by atoms with Gasteiger partial charge >= 0.3 is 0 Å². The summed E-state index contributed by atoms with van der Waals surface area (Å²) in [6, 6.07) is 31.3. The molecule has 0 radical (unpaired) electrons. The lowest BCUT2D eigenvalue weighted by molar-refractivity contribution is 0.306. The molecule has 37 heavy (non-hydrogen) atoms. The number of nitrogens with one attached hydrogen (secondary N) is 1. The van der Waals surface area contributed by atoms with Crippen molar-refractivity contribution < 1.29 is 4.74 Å². The van der Waals surface area contributed by atoms with Crippen molar-refractivity contribution in [2.24, 2.45) is 10.9 Å². The van der Waals surface area contributed by atoms with Gasteiger partial charge in [-0.1, -0.05) is 77.8 Å². The lowest BCUT2D eigenvalue weighted by Gasteiger charge is -2.37. The number of ether oxygens (including phenoxy) is 1. The zero-order chi connectivity index (χ0) is 25.2. The van der Waals surface area contributed by atoms with Crippen molar-refractivity contribution in [1.29, 1.82) is 0 Å². The molecular formula is C33H29ClN2O. The smallest absolute Gasteiger partial charge is 0.128 e. The summed E-state index contributed by atoms with van der Waals surface area (Å²) in [7, 11) is 0. The summed E-state index contributed by atoms with van der Waals surface area (Å²) in [6.45, 7) is 2.62. The van der Waals surface area contributed by atoms with Crippen molar-refractivity contribution in [1.82, 2.24) is 0 Å². The summed E-state index contributed by atoms with van der Waals surface area (Å²) in [6.07, 6.45) is 7.70. The number of aryl methyl sites for hydroxylation is 1. The molecule has 0 fully saturated rings. The fourth-order valence-electron chi connectivity index (χ4n) is 5.46. The summed E-state index contributed by atoms with van der Waals surface area (Å²) < 4.78 is 6.08. The fourth-order valence-corrected chi connectivity index (χ4v) is 5.67. The monoisotopic (exact) mass is 504 g/mol. The average Bonchev–Trinajstić information content (AvgIpc) is 3.42. The lowest BCUT2D eigenvalue weighted by atomic mass is 9.76. The molecule has 184 valence electrons. The van der Waals surface area contributed by atoms with Crippen LogP contribution >= 0.6 is 11.6 Å². The topological polar surface area (TPSA) is 33.6 Å². The van der Waals surface area contributed by atoms with Crippen LogP contribution in [0.15, 0.2) is 108 Å². The highest BCUT2D eigenvalue weighted by atomic mass is 35.5. The van der Waals surface area contributed by atoms with Crippen LogP contribution in [0.1, 0.15) is 46.2 Å². The third kappa shape index (κ3) is 5.05. The number of para-hydroxylation sites is 1. The number of aliphatic imine (C=N–C) groups is 1. The van der Waals surface area contributed by atoms with Crippen LogP contribution in [0.4, 0.5) is 11.4 Å². The largest absolute Gasteiger partial charge is 0.488 e. The number of fused-ring (bicyclic) bond motifs is 3. The lowest BCUT2D eigenvalue weighted by Crippen LogP contribution is -2.29. The minimum atomic E-state index is 0.286. The molecule has 4 heteroatoms. The Balaban J connectivity index is 1.17. The van der Waals surface area contributed by atoms with Gasteiger partial charge in [-0.3, -0.25) is 4.99 Å². The molecule has 1 aliphatic carbocycles. The SMILES string of the molecule is Cc1ccc2c(c1)[C@@H]1C=CC[C@H]1[C@H](c1ccc(N=Cc3ccccc3OCc3cccc(Cl)c3)cc1)N2.